The molecule has 1 amide bonds. The second-order valence-corrected chi connectivity index (χ2v) is 5.00. The Morgan fingerprint density at radius 3 is 2.44 bits per heavy atom. The second-order valence-electron chi connectivity index (χ2n) is 5.00. The van der Waals surface area contributed by atoms with Crippen molar-refractivity contribution >= 4 is 17.6 Å². The topological polar surface area (TPSA) is 88.5 Å². The van der Waals surface area contributed by atoms with Gasteiger partial charge in [-0.15, -0.1) is 0 Å². The lowest BCUT2D eigenvalue weighted by atomic mass is 10.1. The summed E-state index contributed by atoms with van der Waals surface area (Å²) in [6.07, 6.45) is -4.48. The monoisotopic (exact) mass is 354 g/mol. The molecule has 0 saturated carbocycles. The van der Waals surface area contributed by atoms with Gasteiger partial charge in [-0.2, -0.15) is 13.2 Å². The number of pyridine rings is 1. The van der Waals surface area contributed by atoms with Crippen LogP contribution in [0.15, 0.2) is 36.4 Å². The van der Waals surface area contributed by atoms with Gasteiger partial charge in [0.2, 0.25) is 0 Å². The van der Waals surface area contributed by atoms with Crippen molar-refractivity contribution in [2.24, 2.45) is 0 Å². The summed E-state index contributed by atoms with van der Waals surface area (Å²) in [6.45, 7) is 0.0376. The largest absolute Gasteiger partial charge is 0.484 e. The molecule has 0 aliphatic heterocycles. The fourth-order valence-corrected chi connectivity index (χ4v) is 1.93. The molecule has 0 fully saturated rings. The molecule has 132 valence electrons. The van der Waals surface area contributed by atoms with E-state index in [1.54, 1.807) is 0 Å². The summed E-state index contributed by atoms with van der Waals surface area (Å²) in [5.41, 5.74) is 0.0919. The SMILES string of the molecule is Cc1c(NC(=O)c2cccc(C(=O)O)n2)cccc1OCC(F)(F)F. The molecule has 0 unspecified atom stereocenters. The van der Waals surface area contributed by atoms with Crippen LogP contribution >= 0.6 is 0 Å². The molecule has 1 heterocycles. The molecule has 2 rings (SSSR count). The van der Waals surface area contributed by atoms with Crippen LogP contribution in [0.4, 0.5) is 18.9 Å². The third kappa shape index (κ3) is 4.93. The van der Waals surface area contributed by atoms with Crippen LogP contribution in [0.3, 0.4) is 0 Å². The summed E-state index contributed by atoms with van der Waals surface area (Å²) in [5.74, 6) is -2.00. The fourth-order valence-electron chi connectivity index (χ4n) is 1.93. The number of carboxylic acids is 1. The highest BCUT2D eigenvalue weighted by Crippen LogP contribution is 2.27. The van der Waals surface area contributed by atoms with E-state index in [2.05, 4.69) is 10.3 Å². The van der Waals surface area contributed by atoms with Gasteiger partial charge in [0.1, 0.15) is 17.1 Å². The van der Waals surface area contributed by atoms with E-state index in [-0.39, 0.29) is 22.8 Å². The van der Waals surface area contributed by atoms with E-state index < -0.39 is 24.7 Å². The lowest BCUT2D eigenvalue weighted by Gasteiger charge is -2.14. The molecule has 6 nitrogen and oxygen atoms in total. The maximum Gasteiger partial charge on any atom is 0.422 e. The highest BCUT2D eigenvalue weighted by Gasteiger charge is 2.28. The van der Waals surface area contributed by atoms with E-state index in [1.165, 1.54) is 43.3 Å². The van der Waals surface area contributed by atoms with Gasteiger partial charge in [0.05, 0.1) is 0 Å². The number of aromatic carboxylic acids is 1. The maximum atomic E-state index is 12.3. The molecule has 0 aliphatic carbocycles. The number of alkyl halides is 3. The number of nitrogens with one attached hydrogen (secondary N) is 1. The molecule has 2 aromatic rings. The molecule has 0 bridgehead atoms. The van der Waals surface area contributed by atoms with Crippen molar-refractivity contribution in [3.63, 3.8) is 0 Å². The zero-order valence-corrected chi connectivity index (χ0v) is 12.9. The molecule has 1 aromatic carbocycles. The number of ether oxygens (including phenoxy) is 1. The third-order valence-electron chi connectivity index (χ3n) is 3.12. The number of aromatic nitrogens is 1. The maximum absolute atomic E-state index is 12.3. The van der Waals surface area contributed by atoms with Gasteiger partial charge in [-0.25, -0.2) is 9.78 Å². The van der Waals surface area contributed by atoms with Crippen LogP contribution in [0.25, 0.3) is 0 Å². The van der Waals surface area contributed by atoms with E-state index in [1.807, 2.05) is 0 Å². The molecule has 0 radical (unpaired) electrons. The highest BCUT2D eigenvalue weighted by atomic mass is 19.4. The Morgan fingerprint density at radius 2 is 1.80 bits per heavy atom. The van der Waals surface area contributed by atoms with Gasteiger partial charge >= 0.3 is 12.1 Å². The number of nitrogens with zero attached hydrogens (tertiary/aromatic N) is 1. The smallest absolute Gasteiger partial charge is 0.422 e. The Kier molecular flexibility index (Phi) is 5.26. The fraction of sp³-hybridized carbons (Fsp3) is 0.188. The van der Waals surface area contributed by atoms with Crippen LogP contribution in [-0.2, 0) is 0 Å². The summed E-state index contributed by atoms with van der Waals surface area (Å²) in [5, 5.41) is 11.4. The number of anilines is 1. The first kappa shape index (κ1) is 18.2. The Balaban J connectivity index is 2.18. The van der Waals surface area contributed by atoms with Crippen molar-refractivity contribution < 1.29 is 32.6 Å². The summed E-state index contributed by atoms with van der Waals surface area (Å²) in [6, 6.07) is 8.17. The van der Waals surface area contributed by atoms with Crippen molar-refractivity contribution in [1.82, 2.24) is 4.98 Å². The van der Waals surface area contributed by atoms with Crippen LogP contribution in [0, 0.1) is 6.92 Å². The zero-order valence-electron chi connectivity index (χ0n) is 12.9. The number of benzene rings is 1. The predicted octanol–water partition coefficient (Wildman–Crippen LogP) is 3.28. The number of hydrogen-bond donors (Lipinski definition) is 2. The minimum Gasteiger partial charge on any atom is -0.484 e. The van der Waals surface area contributed by atoms with E-state index in [0.29, 0.717) is 5.56 Å². The normalized spacial score (nSPS) is 11.0. The van der Waals surface area contributed by atoms with Crippen molar-refractivity contribution in [1.29, 1.82) is 0 Å². The predicted molar refractivity (Wildman–Crippen MR) is 81.9 cm³/mol. The Morgan fingerprint density at radius 1 is 1.16 bits per heavy atom. The molecule has 0 saturated heterocycles. The molecule has 0 spiro atoms. The number of rotatable bonds is 5. The number of amides is 1. The average molecular weight is 354 g/mol. The second kappa shape index (κ2) is 7.20. The van der Waals surface area contributed by atoms with E-state index >= 15 is 0 Å². The van der Waals surface area contributed by atoms with Crippen molar-refractivity contribution in [3.05, 3.63) is 53.3 Å². The Bertz CT molecular complexity index is 806. The first-order chi connectivity index (χ1) is 11.7. The lowest BCUT2D eigenvalue weighted by Crippen LogP contribution is -2.20. The van der Waals surface area contributed by atoms with E-state index in [4.69, 9.17) is 9.84 Å². The first-order valence-electron chi connectivity index (χ1n) is 6.98. The number of carbonyl (C=O) groups is 2. The van der Waals surface area contributed by atoms with Crippen LogP contribution in [0.2, 0.25) is 0 Å². The molecule has 0 atom stereocenters. The summed E-state index contributed by atoms with van der Waals surface area (Å²) in [7, 11) is 0. The lowest BCUT2D eigenvalue weighted by molar-refractivity contribution is -0.153. The molecule has 9 heteroatoms. The average Bonchev–Trinajstić information content (AvgIpc) is 2.55. The molecule has 0 aliphatic rings. The summed E-state index contributed by atoms with van der Waals surface area (Å²) >= 11 is 0. The summed E-state index contributed by atoms with van der Waals surface area (Å²) in [4.78, 5) is 26.8. The third-order valence-corrected chi connectivity index (χ3v) is 3.12. The number of halogens is 3. The van der Waals surface area contributed by atoms with Crippen molar-refractivity contribution in [3.8, 4) is 5.75 Å². The van der Waals surface area contributed by atoms with Crippen LogP contribution in [0.5, 0.6) is 5.75 Å². The zero-order chi connectivity index (χ0) is 18.6. The van der Waals surface area contributed by atoms with Gasteiger partial charge in [0, 0.05) is 11.3 Å². The number of carbonyl (C=O) groups excluding carboxylic acids is 1. The van der Waals surface area contributed by atoms with Gasteiger partial charge in [0.25, 0.3) is 5.91 Å². The van der Waals surface area contributed by atoms with Gasteiger partial charge in [0.15, 0.2) is 6.61 Å². The van der Waals surface area contributed by atoms with E-state index in [9.17, 15) is 22.8 Å². The molecule has 1 aromatic heterocycles. The number of hydrogen-bond acceptors (Lipinski definition) is 4. The van der Waals surface area contributed by atoms with Crippen LogP contribution in [0.1, 0.15) is 26.5 Å². The van der Waals surface area contributed by atoms with E-state index in [0.717, 1.165) is 0 Å². The van der Waals surface area contributed by atoms with Crippen molar-refractivity contribution in [2.45, 2.75) is 13.1 Å². The van der Waals surface area contributed by atoms with Crippen LogP contribution < -0.4 is 10.1 Å². The van der Waals surface area contributed by atoms with Gasteiger partial charge in [-0.3, -0.25) is 4.79 Å². The Hall–Kier alpha value is -3.10. The van der Waals surface area contributed by atoms with Crippen LogP contribution in [-0.4, -0.2) is 34.8 Å². The van der Waals surface area contributed by atoms with Gasteiger partial charge in [-0.05, 0) is 31.2 Å². The van der Waals surface area contributed by atoms with Gasteiger partial charge < -0.3 is 15.2 Å². The number of carboxylic acid groups (broad SMARTS) is 1. The summed E-state index contributed by atoms with van der Waals surface area (Å²) < 4.78 is 41.5. The molecule has 2 N–H and O–H groups in total. The van der Waals surface area contributed by atoms with Crippen molar-refractivity contribution in [2.75, 3.05) is 11.9 Å². The standard InChI is InChI=1S/C16H13F3N2O4/c1-9-10(4-3-7-13(9)25-8-16(17,18)19)21-14(22)11-5-2-6-12(20-11)15(23)24/h2-7H,8H2,1H3,(H,21,22)(H,23,24). The minimum absolute atomic E-state index is 0.0256. The Labute approximate surface area is 140 Å². The minimum atomic E-state index is -4.48. The first-order valence-corrected chi connectivity index (χ1v) is 6.98. The molecule has 25 heavy (non-hydrogen) atoms. The molecular weight excluding hydrogens is 341 g/mol. The quantitative estimate of drug-likeness (QED) is 0.860. The van der Waals surface area contributed by atoms with Gasteiger partial charge in [-0.1, -0.05) is 12.1 Å². The highest BCUT2D eigenvalue weighted by molar-refractivity contribution is 6.04. The molecular formula is C16H13F3N2O4.